The van der Waals surface area contributed by atoms with E-state index in [-0.39, 0.29) is 37.5 Å². The number of nitrogens with zero attached hydrogens (tertiary/aromatic N) is 4. The molecule has 3 heterocycles. The maximum atomic E-state index is 9.94. The lowest BCUT2D eigenvalue weighted by Crippen LogP contribution is -2.15. The molecular formula is C18H23Cl2N5O. The summed E-state index contributed by atoms with van der Waals surface area (Å²) in [5.41, 5.74) is 3.09. The molecule has 0 fully saturated rings. The van der Waals surface area contributed by atoms with Gasteiger partial charge in [-0.1, -0.05) is 30.3 Å². The number of hydrogen-bond acceptors (Lipinski definition) is 4. The summed E-state index contributed by atoms with van der Waals surface area (Å²) in [4.78, 5) is 4.50. The molecule has 0 spiro atoms. The Balaban J connectivity index is 0.00000121. The zero-order chi connectivity index (χ0) is 16.4. The van der Waals surface area contributed by atoms with E-state index in [1.807, 2.05) is 41.1 Å². The van der Waals surface area contributed by atoms with Gasteiger partial charge in [-0.3, -0.25) is 4.68 Å². The van der Waals surface area contributed by atoms with Crippen LogP contribution in [0.15, 0.2) is 48.8 Å². The molecule has 0 saturated carbocycles. The van der Waals surface area contributed by atoms with Crippen LogP contribution in [0.25, 0.3) is 11.5 Å². The van der Waals surface area contributed by atoms with E-state index >= 15 is 0 Å². The van der Waals surface area contributed by atoms with Gasteiger partial charge in [0.05, 0.1) is 18.3 Å². The van der Waals surface area contributed by atoms with Gasteiger partial charge in [0, 0.05) is 25.5 Å². The Bertz CT molecular complexity index is 795. The highest BCUT2D eigenvalue weighted by Crippen LogP contribution is 2.25. The molecule has 0 amide bonds. The zero-order valence-electron chi connectivity index (χ0n) is 14.3. The van der Waals surface area contributed by atoms with Gasteiger partial charge in [-0.2, -0.15) is 5.10 Å². The van der Waals surface area contributed by atoms with Gasteiger partial charge in [0.25, 0.3) is 0 Å². The first kappa shape index (κ1) is 20.5. The van der Waals surface area contributed by atoms with Crippen molar-refractivity contribution in [3.8, 4) is 11.5 Å². The first-order chi connectivity index (χ1) is 11.9. The van der Waals surface area contributed by atoms with Gasteiger partial charge in [0.2, 0.25) is 0 Å². The molecular weight excluding hydrogens is 373 g/mol. The number of aliphatic hydroxyl groups is 1. The predicted octanol–water partition coefficient (Wildman–Crippen LogP) is 2.67. The van der Waals surface area contributed by atoms with Gasteiger partial charge in [0.15, 0.2) is 5.82 Å². The number of rotatable bonds is 4. The van der Waals surface area contributed by atoms with Gasteiger partial charge in [0.1, 0.15) is 5.69 Å². The van der Waals surface area contributed by atoms with E-state index < -0.39 is 0 Å². The predicted molar refractivity (Wildman–Crippen MR) is 106 cm³/mol. The molecule has 3 aromatic rings. The molecule has 6 nitrogen and oxygen atoms in total. The minimum atomic E-state index is -0.164. The quantitative estimate of drug-likeness (QED) is 0.712. The normalized spacial score (nSPS) is 14.5. The molecule has 0 bridgehead atoms. The van der Waals surface area contributed by atoms with E-state index in [9.17, 15) is 5.11 Å². The number of hydrogen-bond donors (Lipinski definition) is 2. The van der Waals surface area contributed by atoms with Crippen molar-refractivity contribution in [2.75, 3.05) is 13.2 Å². The van der Waals surface area contributed by atoms with Crippen LogP contribution in [-0.4, -0.2) is 37.6 Å². The molecule has 2 N–H and O–H groups in total. The topological polar surface area (TPSA) is 67.9 Å². The summed E-state index contributed by atoms with van der Waals surface area (Å²) in [7, 11) is 0. The van der Waals surface area contributed by atoms with Gasteiger partial charge in [-0.05, 0) is 24.6 Å². The molecule has 1 aromatic carbocycles. The summed E-state index contributed by atoms with van der Waals surface area (Å²) in [5.74, 6) is 0.790. The van der Waals surface area contributed by atoms with Crippen molar-refractivity contribution in [2.24, 2.45) is 0 Å². The molecule has 2 aromatic heterocycles. The number of aromatic nitrogens is 4. The van der Waals surface area contributed by atoms with E-state index in [1.54, 1.807) is 6.20 Å². The Morgan fingerprint density at radius 1 is 1.19 bits per heavy atom. The van der Waals surface area contributed by atoms with E-state index in [0.717, 1.165) is 43.1 Å². The van der Waals surface area contributed by atoms with E-state index in [1.165, 1.54) is 5.69 Å². The number of imidazole rings is 1. The van der Waals surface area contributed by atoms with Crippen LogP contribution >= 0.6 is 24.8 Å². The van der Waals surface area contributed by atoms with Crippen LogP contribution in [0.3, 0.4) is 0 Å². The maximum absolute atomic E-state index is 9.94. The van der Waals surface area contributed by atoms with E-state index in [0.29, 0.717) is 0 Å². The van der Waals surface area contributed by atoms with E-state index in [2.05, 4.69) is 21.0 Å². The van der Waals surface area contributed by atoms with Crippen LogP contribution < -0.4 is 5.32 Å². The monoisotopic (exact) mass is 395 g/mol. The highest BCUT2D eigenvalue weighted by atomic mass is 35.5. The Morgan fingerprint density at radius 3 is 2.77 bits per heavy atom. The minimum absolute atomic E-state index is 0. The van der Waals surface area contributed by atoms with Crippen LogP contribution in [0.5, 0.6) is 0 Å². The fraction of sp³-hybridized carbons (Fsp3) is 0.333. The molecule has 1 atom stereocenters. The van der Waals surface area contributed by atoms with Crippen LogP contribution in [0.4, 0.5) is 0 Å². The summed E-state index contributed by atoms with van der Waals surface area (Å²) in [6.45, 7) is 2.79. The second-order valence-corrected chi connectivity index (χ2v) is 6.04. The van der Waals surface area contributed by atoms with Crippen LogP contribution in [0, 0.1) is 0 Å². The zero-order valence-corrected chi connectivity index (χ0v) is 15.9. The van der Waals surface area contributed by atoms with E-state index in [4.69, 9.17) is 5.10 Å². The van der Waals surface area contributed by atoms with Crippen LogP contribution in [0.2, 0.25) is 0 Å². The molecule has 1 aliphatic rings. The lowest BCUT2D eigenvalue weighted by atomic mass is 10.1. The Morgan fingerprint density at radius 2 is 2.00 bits per heavy atom. The van der Waals surface area contributed by atoms with Gasteiger partial charge in [-0.15, -0.1) is 24.8 Å². The van der Waals surface area contributed by atoms with Crippen LogP contribution in [0.1, 0.15) is 23.7 Å². The number of benzene rings is 1. The molecule has 0 aliphatic carbocycles. The van der Waals surface area contributed by atoms with Gasteiger partial charge >= 0.3 is 0 Å². The number of aliphatic hydroxyl groups excluding tert-OH is 1. The second-order valence-electron chi connectivity index (χ2n) is 6.04. The molecule has 0 saturated heterocycles. The van der Waals surface area contributed by atoms with Crippen molar-refractivity contribution in [2.45, 2.75) is 25.6 Å². The first-order valence-corrected chi connectivity index (χ1v) is 8.33. The average molecular weight is 396 g/mol. The number of halogens is 2. The van der Waals surface area contributed by atoms with Crippen molar-refractivity contribution in [1.29, 1.82) is 0 Å². The first-order valence-electron chi connectivity index (χ1n) is 8.33. The summed E-state index contributed by atoms with van der Waals surface area (Å²) in [5, 5.41) is 18.1. The maximum Gasteiger partial charge on any atom is 0.161 e. The van der Waals surface area contributed by atoms with Crippen molar-refractivity contribution >= 4 is 24.8 Å². The van der Waals surface area contributed by atoms with Crippen molar-refractivity contribution in [3.63, 3.8) is 0 Å². The third kappa shape index (κ3) is 3.94. The highest BCUT2D eigenvalue weighted by molar-refractivity contribution is 5.85. The molecule has 0 radical (unpaired) electrons. The molecule has 1 aliphatic heterocycles. The Hall–Kier alpha value is -1.86. The third-order valence-corrected chi connectivity index (χ3v) is 4.48. The molecule has 26 heavy (non-hydrogen) atoms. The summed E-state index contributed by atoms with van der Waals surface area (Å²) < 4.78 is 4.07. The number of aryl methyl sites for hydroxylation is 1. The Labute approximate surface area is 165 Å². The van der Waals surface area contributed by atoms with Crippen molar-refractivity contribution < 1.29 is 5.11 Å². The van der Waals surface area contributed by atoms with Gasteiger partial charge in [-0.25, -0.2) is 4.98 Å². The fourth-order valence-electron chi connectivity index (χ4n) is 3.26. The summed E-state index contributed by atoms with van der Waals surface area (Å²) >= 11 is 0. The molecule has 8 heteroatoms. The Kier molecular flexibility index (Phi) is 7.23. The number of nitrogens with one attached hydrogen (secondary N) is 1. The third-order valence-electron chi connectivity index (χ3n) is 4.48. The summed E-state index contributed by atoms with van der Waals surface area (Å²) in [6.07, 6.45) is 4.75. The highest BCUT2D eigenvalue weighted by Gasteiger charge is 2.20. The van der Waals surface area contributed by atoms with Crippen LogP contribution in [-0.2, 0) is 13.1 Å². The van der Waals surface area contributed by atoms with Crippen molar-refractivity contribution in [3.05, 3.63) is 60.0 Å². The van der Waals surface area contributed by atoms with Crippen molar-refractivity contribution in [1.82, 2.24) is 24.6 Å². The second kappa shape index (κ2) is 9.19. The number of fused-ring (bicyclic) bond motifs is 1. The SMILES string of the molecule is Cl.Cl.OC[C@H](c1ccccc1)n1ccnc1-c1cc2n(n1)CCCNC2. The lowest BCUT2D eigenvalue weighted by Gasteiger charge is -2.18. The fourth-order valence-corrected chi connectivity index (χ4v) is 3.26. The molecule has 140 valence electrons. The standard InChI is InChI=1S/C18H21N5O.2ClH/c24-13-17(14-5-2-1-3-6-14)22-10-8-20-18(22)16-11-15-12-19-7-4-9-23(15)21-16;;/h1-3,5-6,8,10-11,17,19,24H,4,7,9,12-13H2;2*1H/t17-;;/m1../s1. The lowest BCUT2D eigenvalue weighted by molar-refractivity contribution is 0.250. The largest absolute Gasteiger partial charge is 0.394 e. The average Bonchev–Trinajstić information content (AvgIpc) is 3.19. The smallest absolute Gasteiger partial charge is 0.161 e. The summed E-state index contributed by atoms with van der Waals surface area (Å²) in [6, 6.07) is 11.9. The molecule has 0 unspecified atom stereocenters. The minimum Gasteiger partial charge on any atom is -0.394 e. The van der Waals surface area contributed by atoms with Gasteiger partial charge < -0.3 is 15.0 Å². The molecule has 4 rings (SSSR count).